The quantitative estimate of drug-likeness (QED) is 0.107. The molecule has 5 rings (SSSR count). The Morgan fingerprint density at radius 2 is 1.73 bits per heavy atom. The summed E-state index contributed by atoms with van der Waals surface area (Å²) in [5.41, 5.74) is 2.15. The molecule has 0 N–H and O–H groups in total. The maximum absolute atomic E-state index is 13.2. The van der Waals surface area contributed by atoms with Gasteiger partial charge >= 0.3 is 5.97 Å². The summed E-state index contributed by atoms with van der Waals surface area (Å²) in [5, 5.41) is 1.35. The zero-order valence-corrected chi connectivity index (χ0v) is 24.8. The van der Waals surface area contributed by atoms with Gasteiger partial charge in [0.25, 0.3) is 11.1 Å². The highest BCUT2D eigenvalue weighted by atomic mass is 79.9. The molecule has 0 aromatic heterocycles. The van der Waals surface area contributed by atoms with Gasteiger partial charge in [0.05, 0.1) is 28.1 Å². The van der Waals surface area contributed by atoms with E-state index in [4.69, 9.17) is 14.2 Å². The molecular weight excluding hydrogens is 606 g/mol. The first-order chi connectivity index (χ1) is 19.8. The fourth-order valence-electron chi connectivity index (χ4n) is 4.32. The van der Waals surface area contributed by atoms with E-state index in [0.29, 0.717) is 33.7 Å². The van der Waals surface area contributed by atoms with Gasteiger partial charge in [-0.15, -0.1) is 0 Å². The number of esters is 1. The lowest BCUT2D eigenvalue weighted by molar-refractivity contribution is -0.123. The first kappa shape index (κ1) is 28.4. The average Bonchev–Trinajstić information content (AvgIpc) is 3.23. The molecule has 1 aliphatic rings. The molecule has 1 aliphatic heterocycles. The number of amides is 2. The molecule has 2 amide bonds. The molecule has 0 aliphatic carbocycles. The Hall–Kier alpha value is -4.08. The number of carbonyl (C=O) groups excluding carboxylic acids is 3. The van der Waals surface area contributed by atoms with Crippen LogP contribution in [-0.2, 0) is 4.79 Å². The number of benzene rings is 4. The standard InChI is InChI=1S/C32H26BrNO6S/c1-3-38-27-18-21(17-26(33)29(27)40-31(36)25-10-6-8-22-7-4-5-9-24(22)25)19-28-30(35)34(32(37)41-28)15-16-39-23-13-11-20(2)12-14-23/h4-14,17-19H,3,15-16H2,1-2H3/b28-19-. The zero-order chi connectivity index (χ0) is 28.9. The topological polar surface area (TPSA) is 82.1 Å². The lowest BCUT2D eigenvalue weighted by Gasteiger charge is -2.14. The molecule has 9 heteroatoms. The molecule has 7 nitrogen and oxygen atoms in total. The van der Waals surface area contributed by atoms with Crippen molar-refractivity contribution in [1.29, 1.82) is 0 Å². The molecule has 0 unspecified atom stereocenters. The van der Waals surface area contributed by atoms with Crippen LogP contribution in [0.5, 0.6) is 17.2 Å². The van der Waals surface area contributed by atoms with E-state index in [1.54, 1.807) is 24.3 Å². The Bertz CT molecular complexity index is 1660. The molecular formula is C32H26BrNO6S. The van der Waals surface area contributed by atoms with Crippen LogP contribution in [0.15, 0.2) is 88.2 Å². The summed E-state index contributed by atoms with van der Waals surface area (Å²) in [7, 11) is 0. The third-order valence-electron chi connectivity index (χ3n) is 6.31. The number of hydrogen-bond donors (Lipinski definition) is 0. The van der Waals surface area contributed by atoms with E-state index in [9.17, 15) is 14.4 Å². The molecule has 0 saturated carbocycles. The van der Waals surface area contributed by atoms with Gasteiger partial charge in [-0.3, -0.25) is 14.5 Å². The summed E-state index contributed by atoms with van der Waals surface area (Å²) in [4.78, 5) is 40.3. The predicted molar refractivity (Wildman–Crippen MR) is 164 cm³/mol. The van der Waals surface area contributed by atoms with Crippen molar-refractivity contribution in [2.75, 3.05) is 19.8 Å². The Morgan fingerprint density at radius 3 is 2.51 bits per heavy atom. The maximum Gasteiger partial charge on any atom is 0.344 e. The molecule has 41 heavy (non-hydrogen) atoms. The number of fused-ring (bicyclic) bond motifs is 1. The number of hydrogen-bond acceptors (Lipinski definition) is 7. The Labute approximate surface area is 250 Å². The highest BCUT2D eigenvalue weighted by Crippen LogP contribution is 2.40. The first-order valence-corrected chi connectivity index (χ1v) is 14.6. The highest BCUT2D eigenvalue weighted by Gasteiger charge is 2.35. The van der Waals surface area contributed by atoms with Crippen molar-refractivity contribution in [2.24, 2.45) is 0 Å². The van der Waals surface area contributed by atoms with Crippen LogP contribution in [0.25, 0.3) is 16.8 Å². The van der Waals surface area contributed by atoms with Gasteiger partial charge in [0.1, 0.15) is 12.4 Å². The molecule has 1 fully saturated rings. The third-order valence-corrected chi connectivity index (χ3v) is 7.81. The van der Waals surface area contributed by atoms with Gasteiger partial charge in [-0.2, -0.15) is 0 Å². The second-order valence-electron chi connectivity index (χ2n) is 9.17. The molecule has 0 atom stereocenters. The Kier molecular flexibility index (Phi) is 8.75. The summed E-state index contributed by atoms with van der Waals surface area (Å²) in [6.07, 6.45) is 1.62. The predicted octanol–water partition coefficient (Wildman–Crippen LogP) is 7.64. The monoisotopic (exact) mass is 631 g/mol. The van der Waals surface area contributed by atoms with Crippen LogP contribution in [0.3, 0.4) is 0 Å². The van der Waals surface area contributed by atoms with Crippen molar-refractivity contribution < 1.29 is 28.6 Å². The minimum atomic E-state index is -0.523. The van der Waals surface area contributed by atoms with E-state index in [0.717, 1.165) is 28.1 Å². The number of rotatable bonds is 9. The van der Waals surface area contributed by atoms with Crippen molar-refractivity contribution >= 4 is 61.7 Å². The average molecular weight is 633 g/mol. The van der Waals surface area contributed by atoms with E-state index in [1.807, 2.05) is 74.5 Å². The number of thioether (sulfide) groups is 1. The van der Waals surface area contributed by atoms with Crippen molar-refractivity contribution in [1.82, 2.24) is 4.90 Å². The van der Waals surface area contributed by atoms with Crippen LogP contribution < -0.4 is 14.2 Å². The minimum absolute atomic E-state index is 0.132. The summed E-state index contributed by atoms with van der Waals surface area (Å²) < 4.78 is 17.8. The van der Waals surface area contributed by atoms with Crippen LogP contribution in [0, 0.1) is 6.92 Å². The van der Waals surface area contributed by atoms with Gasteiger partial charge in [0, 0.05) is 0 Å². The molecule has 0 radical (unpaired) electrons. The van der Waals surface area contributed by atoms with Gasteiger partial charge in [-0.25, -0.2) is 4.79 Å². The largest absolute Gasteiger partial charge is 0.492 e. The molecule has 4 aromatic rings. The summed E-state index contributed by atoms with van der Waals surface area (Å²) in [5.74, 6) is 0.307. The highest BCUT2D eigenvalue weighted by molar-refractivity contribution is 9.10. The fourth-order valence-corrected chi connectivity index (χ4v) is 5.72. The molecule has 4 aromatic carbocycles. The normalized spacial score (nSPS) is 14.1. The van der Waals surface area contributed by atoms with E-state index in [1.165, 1.54) is 4.90 Å². The lowest BCUT2D eigenvalue weighted by atomic mass is 10.0. The van der Waals surface area contributed by atoms with E-state index >= 15 is 0 Å². The van der Waals surface area contributed by atoms with Crippen molar-refractivity contribution in [3.05, 3.63) is 105 Å². The van der Waals surface area contributed by atoms with Gasteiger partial charge in [0.15, 0.2) is 11.5 Å². The molecule has 0 spiro atoms. The van der Waals surface area contributed by atoms with Crippen molar-refractivity contribution in [3.8, 4) is 17.2 Å². The molecule has 1 saturated heterocycles. The number of aryl methyl sites for hydroxylation is 1. The zero-order valence-electron chi connectivity index (χ0n) is 22.4. The summed E-state index contributed by atoms with van der Waals surface area (Å²) in [6, 6.07) is 24.0. The maximum atomic E-state index is 13.2. The lowest BCUT2D eigenvalue weighted by Crippen LogP contribution is -2.32. The van der Waals surface area contributed by atoms with E-state index in [-0.39, 0.29) is 29.0 Å². The minimum Gasteiger partial charge on any atom is -0.492 e. The van der Waals surface area contributed by atoms with Crippen LogP contribution in [0.1, 0.15) is 28.4 Å². The number of imide groups is 1. The van der Waals surface area contributed by atoms with Crippen LogP contribution in [0.4, 0.5) is 4.79 Å². The number of carbonyl (C=O) groups is 3. The van der Waals surface area contributed by atoms with Crippen LogP contribution >= 0.6 is 27.7 Å². The third kappa shape index (κ3) is 6.47. The Balaban J connectivity index is 1.33. The summed E-state index contributed by atoms with van der Waals surface area (Å²) in [6.45, 7) is 4.45. The van der Waals surface area contributed by atoms with Gasteiger partial charge < -0.3 is 14.2 Å². The number of nitrogens with zero attached hydrogens (tertiary/aromatic N) is 1. The van der Waals surface area contributed by atoms with Crippen LogP contribution in [-0.4, -0.2) is 41.8 Å². The SMILES string of the molecule is CCOc1cc(/C=C2\SC(=O)N(CCOc3ccc(C)cc3)C2=O)cc(Br)c1OC(=O)c1cccc2ccccc12. The van der Waals surface area contributed by atoms with E-state index in [2.05, 4.69) is 15.9 Å². The molecule has 208 valence electrons. The van der Waals surface area contributed by atoms with Gasteiger partial charge in [-0.05, 0) is 94.3 Å². The first-order valence-electron chi connectivity index (χ1n) is 12.9. The van der Waals surface area contributed by atoms with Crippen LogP contribution in [0.2, 0.25) is 0 Å². The van der Waals surface area contributed by atoms with Gasteiger partial charge in [-0.1, -0.05) is 54.1 Å². The molecule has 0 bridgehead atoms. The second-order valence-corrected chi connectivity index (χ2v) is 11.0. The van der Waals surface area contributed by atoms with Gasteiger partial charge in [0.2, 0.25) is 0 Å². The Morgan fingerprint density at radius 1 is 0.976 bits per heavy atom. The fraction of sp³-hybridized carbons (Fsp3) is 0.156. The molecule has 1 heterocycles. The summed E-state index contributed by atoms with van der Waals surface area (Å²) >= 11 is 4.36. The smallest absolute Gasteiger partial charge is 0.344 e. The second kappa shape index (κ2) is 12.6. The van der Waals surface area contributed by atoms with E-state index < -0.39 is 11.9 Å². The number of ether oxygens (including phenoxy) is 3. The number of halogens is 1. The van der Waals surface area contributed by atoms with Crippen molar-refractivity contribution in [2.45, 2.75) is 13.8 Å². The van der Waals surface area contributed by atoms with Crippen molar-refractivity contribution in [3.63, 3.8) is 0 Å².